The first-order valence-corrected chi connectivity index (χ1v) is 6.69. The summed E-state index contributed by atoms with van der Waals surface area (Å²) < 4.78 is 0. The van der Waals surface area contributed by atoms with Gasteiger partial charge in [0, 0.05) is 12.6 Å². The normalized spacial score (nSPS) is 10.2. The largest absolute Gasteiger partial charge is 0.481 e. The second-order valence-electron chi connectivity index (χ2n) is 3.79. The lowest BCUT2D eigenvalue weighted by molar-refractivity contribution is -0.133. The van der Waals surface area contributed by atoms with Crippen LogP contribution in [0.2, 0.25) is 0 Å². The van der Waals surface area contributed by atoms with Crippen LogP contribution in [-0.2, 0) is 4.79 Å². The van der Waals surface area contributed by atoms with Crippen molar-refractivity contribution in [1.82, 2.24) is 20.5 Å². The van der Waals surface area contributed by atoms with Crippen LogP contribution in [0.1, 0.15) is 10.4 Å². The predicted molar refractivity (Wildman–Crippen MR) is 73.6 cm³/mol. The topological polar surface area (TPSA) is 108 Å². The number of amides is 1. The van der Waals surface area contributed by atoms with Gasteiger partial charge in [-0.15, -0.1) is 10.2 Å². The molecule has 0 saturated heterocycles. The molecule has 1 aromatic carbocycles. The van der Waals surface area contributed by atoms with Gasteiger partial charge in [0.2, 0.25) is 0 Å². The lowest BCUT2D eigenvalue weighted by Crippen LogP contribution is -2.18. The van der Waals surface area contributed by atoms with Crippen LogP contribution in [0.4, 0.5) is 0 Å². The summed E-state index contributed by atoms with van der Waals surface area (Å²) in [5, 5.41) is 19.4. The van der Waals surface area contributed by atoms with Gasteiger partial charge >= 0.3 is 5.97 Å². The van der Waals surface area contributed by atoms with E-state index in [1.165, 1.54) is 0 Å². The van der Waals surface area contributed by atoms with Gasteiger partial charge < -0.3 is 15.4 Å². The number of benzene rings is 1. The minimum atomic E-state index is -0.932. The van der Waals surface area contributed by atoms with Gasteiger partial charge in [-0.1, -0.05) is 30.0 Å². The lowest BCUT2D eigenvalue weighted by atomic mass is 10.1. The number of nitrogens with one attached hydrogen (secondary N) is 2. The molecule has 104 valence electrons. The van der Waals surface area contributed by atoms with Gasteiger partial charge in [-0.25, -0.2) is 0 Å². The Balaban J connectivity index is 2.28. The molecule has 3 N–H and O–H groups in total. The monoisotopic (exact) mass is 292 g/mol. The summed E-state index contributed by atoms with van der Waals surface area (Å²) in [6, 6.07) is 6.97. The fourth-order valence-corrected chi connectivity index (χ4v) is 2.11. The Morgan fingerprint density at radius 3 is 2.80 bits per heavy atom. The third kappa shape index (κ3) is 3.15. The van der Waals surface area contributed by atoms with Crippen molar-refractivity contribution in [3.8, 4) is 11.4 Å². The molecule has 0 radical (unpaired) electrons. The maximum absolute atomic E-state index is 11.8. The lowest BCUT2D eigenvalue weighted by Gasteiger charge is -2.04. The van der Waals surface area contributed by atoms with E-state index in [4.69, 9.17) is 5.11 Å². The van der Waals surface area contributed by atoms with E-state index in [0.717, 1.165) is 11.8 Å². The molecule has 1 heterocycles. The number of carboxylic acids is 1. The molecule has 1 amide bonds. The number of carbonyl (C=O) groups excluding carboxylic acids is 1. The number of rotatable bonds is 5. The summed E-state index contributed by atoms with van der Waals surface area (Å²) in [5.41, 5.74) is 1.09. The molecule has 20 heavy (non-hydrogen) atoms. The maximum atomic E-state index is 11.8. The highest BCUT2D eigenvalue weighted by Gasteiger charge is 2.14. The van der Waals surface area contributed by atoms with Gasteiger partial charge in [0.15, 0.2) is 11.0 Å². The maximum Gasteiger partial charge on any atom is 0.313 e. The van der Waals surface area contributed by atoms with Crippen molar-refractivity contribution in [2.45, 2.75) is 5.16 Å². The summed E-state index contributed by atoms with van der Waals surface area (Å²) >= 11 is 1.03. The highest BCUT2D eigenvalue weighted by molar-refractivity contribution is 7.99. The molecule has 8 heteroatoms. The molecule has 2 rings (SSSR count). The Bertz CT molecular complexity index is 641. The van der Waals surface area contributed by atoms with Gasteiger partial charge in [-0.3, -0.25) is 9.59 Å². The average molecular weight is 292 g/mol. The van der Waals surface area contributed by atoms with E-state index in [-0.39, 0.29) is 11.7 Å². The van der Waals surface area contributed by atoms with E-state index in [1.807, 2.05) is 0 Å². The van der Waals surface area contributed by atoms with Crippen molar-refractivity contribution in [3.05, 3.63) is 29.8 Å². The fourth-order valence-electron chi connectivity index (χ4n) is 1.59. The quantitative estimate of drug-likeness (QED) is 0.710. The highest BCUT2D eigenvalue weighted by atomic mass is 32.2. The van der Waals surface area contributed by atoms with Crippen molar-refractivity contribution >= 4 is 23.6 Å². The number of nitrogens with zero attached hydrogens (tertiary/aromatic N) is 2. The minimum Gasteiger partial charge on any atom is -0.481 e. The second kappa shape index (κ2) is 6.20. The Morgan fingerprint density at radius 2 is 2.10 bits per heavy atom. The van der Waals surface area contributed by atoms with Crippen molar-refractivity contribution in [3.63, 3.8) is 0 Å². The molecule has 0 unspecified atom stereocenters. The molecule has 2 aromatic rings. The minimum absolute atomic E-state index is 0.105. The molecular weight excluding hydrogens is 280 g/mol. The van der Waals surface area contributed by atoms with Crippen LogP contribution in [0.3, 0.4) is 0 Å². The first-order chi connectivity index (χ1) is 9.61. The van der Waals surface area contributed by atoms with E-state index in [1.54, 1.807) is 31.3 Å². The van der Waals surface area contributed by atoms with Crippen LogP contribution < -0.4 is 5.32 Å². The molecule has 0 bridgehead atoms. The molecule has 0 fully saturated rings. The Labute approximate surface area is 118 Å². The third-order valence-electron chi connectivity index (χ3n) is 2.45. The van der Waals surface area contributed by atoms with Crippen LogP contribution in [0, 0.1) is 0 Å². The zero-order chi connectivity index (χ0) is 14.5. The predicted octanol–water partition coefficient (Wildman–Crippen LogP) is 1.01. The van der Waals surface area contributed by atoms with Crippen molar-refractivity contribution in [2.75, 3.05) is 12.8 Å². The number of hydrogen-bond donors (Lipinski definition) is 3. The molecular formula is C12H12N4O3S. The van der Waals surface area contributed by atoms with E-state index < -0.39 is 5.97 Å². The zero-order valence-corrected chi connectivity index (χ0v) is 11.4. The number of carboxylic acid groups (broad SMARTS) is 1. The highest BCUT2D eigenvalue weighted by Crippen LogP contribution is 2.22. The summed E-state index contributed by atoms with van der Waals surface area (Å²) in [5.74, 6) is -0.835. The molecule has 1 aromatic heterocycles. The fraction of sp³-hybridized carbons (Fsp3) is 0.167. The number of carbonyl (C=O) groups is 2. The molecule has 0 aliphatic carbocycles. The van der Waals surface area contributed by atoms with Gasteiger partial charge in [-0.2, -0.15) is 0 Å². The van der Waals surface area contributed by atoms with Crippen LogP contribution in [0.5, 0.6) is 0 Å². The number of aromatic nitrogens is 3. The van der Waals surface area contributed by atoms with Crippen molar-refractivity contribution < 1.29 is 14.7 Å². The van der Waals surface area contributed by atoms with E-state index in [0.29, 0.717) is 22.1 Å². The zero-order valence-electron chi connectivity index (χ0n) is 10.6. The number of thioether (sulfide) groups is 1. The first kappa shape index (κ1) is 14.1. The number of hydrogen-bond acceptors (Lipinski definition) is 5. The molecule has 0 aliphatic rings. The van der Waals surface area contributed by atoms with E-state index >= 15 is 0 Å². The molecule has 0 aliphatic heterocycles. The van der Waals surface area contributed by atoms with Crippen LogP contribution in [-0.4, -0.2) is 45.0 Å². The summed E-state index contributed by atoms with van der Waals surface area (Å²) in [6.45, 7) is 0. The van der Waals surface area contributed by atoms with Gasteiger partial charge in [0.1, 0.15) is 0 Å². The van der Waals surface area contributed by atoms with Crippen molar-refractivity contribution in [1.29, 1.82) is 0 Å². The van der Waals surface area contributed by atoms with Gasteiger partial charge in [0.25, 0.3) is 5.91 Å². The Kier molecular flexibility index (Phi) is 4.36. The molecule has 7 nitrogen and oxygen atoms in total. The van der Waals surface area contributed by atoms with Crippen LogP contribution >= 0.6 is 11.8 Å². The van der Waals surface area contributed by atoms with Gasteiger partial charge in [-0.05, 0) is 6.07 Å². The summed E-state index contributed by atoms with van der Waals surface area (Å²) in [4.78, 5) is 25.2. The van der Waals surface area contributed by atoms with E-state index in [9.17, 15) is 9.59 Å². The number of aliphatic carboxylic acids is 1. The smallest absolute Gasteiger partial charge is 0.313 e. The average Bonchev–Trinajstić information content (AvgIpc) is 2.93. The molecule has 0 spiro atoms. The standard InChI is InChI=1S/C12H12N4O3S/c1-13-11(19)8-5-3-2-4-7(8)10-14-12(16-15-10)20-6-9(17)18/h2-5H,6H2,1H3,(H,13,19)(H,17,18)(H,14,15,16). The third-order valence-corrected chi connectivity index (χ3v) is 3.30. The Morgan fingerprint density at radius 1 is 1.35 bits per heavy atom. The number of aromatic amines is 1. The van der Waals surface area contributed by atoms with Crippen molar-refractivity contribution in [2.24, 2.45) is 0 Å². The summed E-state index contributed by atoms with van der Waals surface area (Å²) in [6.07, 6.45) is 0. The van der Waals surface area contributed by atoms with Crippen LogP contribution in [0.25, 0.3) is 11.4 Å². The summed E-state index contributed by atoms with van der Waals surface area (Å²) in [7, 11) is 1.55. The molecule has 0 atom stereocenters. The van der Waals surface area contributed by atoms with E-state index in [2.05, 4.69) is 20.5 Å². The SMILES string of the molecule is CNC(=O)c1ccccc1-c1nnc(SCC(=O)O)[nH]1. The Hall–Kier alpha value is -2.35. The number of H-pyrrole nitrogens is 1. The molecule has 0 saturated carbocycles. The second-order valence-corrected chi connectivity index (χ2v) is 4.75. The first-order valence-electron chi connectivity index (χ1n) is 5.70. The van der Waals surface area contributed by atoms with Crippen LogP contribution in [0.15, 0.2) is 29.4 Å². The van der Waals surface area contributed by atoms with Gasteiger partial charge in [0.05, 0.1) is 11.3 Å².